The van der Waals surface area contributed by atoms with Crippen LogP contribution in [0, 0.1) is 0 Å². The molecule has 0 saturated carbocycles. The van der Waals surface area contributed by atoms with Gasteiger partial charge in [0.1, 0.15) is 0 Å². The minimum absolute atomic E-state index is 0.763. The van der Waals surface area contributed by atoms with E-state index in [0.717, 1.165) is 37.3 Å². The van der Waals surface area contributed by atoms with E-state index < -0.39 is 0 Å². The largest absolute Gasteiger partial charge is 0.226 e. The number of rotatable bonds is 2. The molecule has 2 aromatic heterocycles. The maximum Gasteiger partial charge on any atom is 0.160 e. The molecule has 124 valence electrons. The van der Waals surface area contributed by atoms with E-state index in [0.29, 0.717) is 0 Å². The summed E-state index contributed by atoms with van der Waals surface area (Å²) in [5, 5.41) is 1.19. The first kappa shape index (κ1) is 15.7. The van der Waals surface area contributed by atoms with E-state index in [-0.39, 0.29) is 0 Å². The zero-order chi connectivity index (χ0) is 17.5. The van der Waals surface area contributed by atoms with Crippen molar-refractivity contribution in [2.75, 3.05) is 0 Å². The van der Waals surface area contributed by atoms with Gasteiger partial charge in [0, 0.05) is 25.7 Å². The summed E-state index contributed by atoms with van der Waals surface area (Å²) in [4.78, 5) is 9.88. The van der Waals surface area contributed by atoms with Gasteiger partial charge < -0.3 is 0 Å². The highest BCUT2D eigenvalue weighted by Gasteiger charge is 2.16. The van der Waals surface area contributed by atoms with Crippen LogP contribution in [0.15, 0.2) is 83.3 Å². The molecule has 0 saturated heterocycles. The average Bonchev–Trinajstić information content (AvgIpc) is 3.07. The fourth-order valence-electron chi connectivity index (χ4n) is 3.11. The maximum absolute atomic E-state index is 4.95. The van der Waals surface area contributed by atoms with Crippen LogP contribution in [0.3, 0.4) is 0 Å². The number of aromatic nitrogens is 2. The first-order valence-corrected chi connectivity index (χ1v) is 9.91. The van der Waals surface area contributed by atoms with E-state index >= 15 is 0 Å². The number of nitrogens with zero attached hydrogens (tertiary/aromatic N) is 2. The van der Waals surface area contributed by atoms with Crippen molar-refractivity contribution in [2.45, 2.75) is 0 Å². The van der Waals surface area contributed by atoms with Crippen molar-refractivity contribution in [1.82, 2.24) is 9.97 Å². The van der Waals surface area contributed by atoms with Crippen molar-refractivity contribution < 1.29 is 0 Å². The first-order valence-electron chi connectivity index (χ1n) is 8.30. The van der Waals surface area contributed by atoms with Gasteiger partial charge in [0.2, 0.25) is 0 Å². The molecule has 0 radical (unpaired) electrons. The molecule has 0 aliphatic carbocycles. The molecular formula is C22H13BrN2S. The van der Waals surface area contributed by atoms with Crippen LogP contribution in [0.1, 0.15) is 0 Å². The van der Waals surface area contributed by atoms with E-state index in [1.807, 2.05) is 18.2 Å². The van der Waals surface area contributed by atoms with Gasteiger partial charge in [-0.3, -0.25) is 0 Å². The van der Waals surface area contributed by atoms with Crippen molar-refractivity contribution in [3.63, 3.8) is 0 Å². The first-order chi connectivity index (χ1) is 12.8. The predicted octanol–water partition coefficient (Wildman–Crippen LogP) is 6.94. The molecule has 0 atom stereocenters. The molecule has 0 N–H and O–H groups in total. The highest BCUT2D eigenvalue weighted by atomic mass is 79.9. The molecule has 5 aromatic rings. The van der Waals surface area contributed by atoms with Gasteiger partial charge in [0.25, 0.3) is 0 Å². The fraction of sp³-hybridized carbons (Fsp3) is 0. The summed E-state index contributed by atoms with van der Waals surface area (Å²) in [5.74, 6) is 0.763. The minimum atomic E-state index is 0.763. The van der Waals surface area contributed by atoms with Gasteiger partial charge in [-0.25, -0.2) is 9.97 Å². The Morgan fingerprint density at radius 1 is 0.692 bits per heavy atom. The van der Waals surface area contributed by atoms with Crippen molar-refractivity contribution >= 4 is 47.6 Å². The van der Waals surface area contributed by atoms with Gasteiger partial charge in [-0.1, -0.05) is 76.6 Å². The van der Waals surface area contributed by atoms with Crippen LogP contribution in [-0.2, 0) is 0 Å². The quantitative estimate of drug-likeness (QED) is 0.311. The van der Waals surface area contributed by atoms with E-state index in [4.69, 9.17) is 9.97 Å². The topological polar surface area (TPSA) is 25.8 Å². The molecular weight excluding hydrogens is 404 g/mol. The second-order valence-corrected chi connectivity index (χ2v) is 8.01. The maximum atomic E-state index is 4.95. The van der Waals surface area contributed by atoms with Gasteiger partial charge in [-0.15, -0.1) is 11.3 Å². The molecule has 26 heavy (non-hydrogen) atoms. The molecule has 2 heterocycles. The van der Waals surface area contributed by atoms with E-state index in [2.05, 4.69) is 76.6 Å². The highest BCUT2D eigenvalue weighted by molar-refractivity contribution is 9.10. The summed E-state index contributed by atoms with van der Waals surface area (Å²) in [6.45, 7) is 0. The Morgan fingerprint density at radius 2 is 1.42 bits per heavy atom. The highest BCUT2D eigenvalue weighted by Crippen LogP contribution is 2.39. The Balaban J connectivity index is 1.88. The molecule has 4 heteroatoms. The third-order valence-electron chi connectivity index (χ3n) is 4.37. The molecule has 0 amide bonds. The number of halogens is 1. The number of fused-ring (bicyclic) bond motifs is 3. The normalized spacial score (nSPS) is 11.3. The summed E-state index contributed by atoms with van der Waals surface area (Å²) in [5.41, 5.74) is 4.15. The minimum Gasteiger partial charge on any atom is -0.226 e. The third kappa shape index (κ3) is 2.62. The molecule has 0 spiro atoms. The van der Waals surface area contributed by atoms with Crippen LogP contribution >= 0.6 is 27.3 Å². The van der Waals surface area contributed by atoms with Crippen molar-refractivity contribution in [1.29, 1.82) is 0 Å². The average molecular weight is 417 g/mol. The number of thiophene rings is 1. The molecule has 0 fully saturated rings. The summed E-state index contributed by atoms with van der Waals surface area (Å²) >= 11 is 5.27. The van der Waals surface area contributed by atoms with Crippen LogP contribution in [0.5, 0.6) is 0 Å². The van der Waals surface area contributed by atoms with Gasteiger partial charge >= 0.3 is 0 Å². The monoisotopic (exact) mass is 416 g/mol. The van der Waals surface area contributed by atoms with Crippen LogP contribution in [0.4, 0.5) is 0 Å². The van der Waals surface area contributed by atoms with Crippen LogP contribution in [0.2, 0.25) is 0 Å². The number of benzene rings is 3. The lowest BCUT2D eigenvalue weighted by molar-refractivity contribution is 1.24. The zero-order valence-corrected chi connectivity index (χ0v) is 16.1. The molecule has 0 aliphatic rings. The fourth-order valence-corrected chi connectivity index (χ4v) is 4.53. The molecule has 5 rings (SSSR count). The van der Waals surface area contributed by atoms with Gasteiger partial charge in [0.05, 0.1) is 15.9 Å². The Labute approximate surface area is 163 Å². The van der Waals surface area contributed by atoms with Gasteiger partial charge in [-0.05, 0) is 18.2 Å². The van der Waals surface area contributed by atoms with E-state index in [1.54, 1.807) is 11.3 Å². The zero-order valence-electron chi connectivity index (χ0n) is 13.7. The summed E-state index contributed by atoms with van der Waals surface area (Å²) < 4.78 is 3.43. The number of hydrogen-bond acceptors (Lipinski definition) is 3. The molecule has 0 aliphatic heterocycles. The Morgan fingerprint density at radius 3 is 2.23 bits per heavy atom. The smallest absolute Gasteiger partial charge is 0.160 e. The lowest BCUT2D eigenvalue weighted by atomic mass is 10.1. The summed E-state index contributed by atoms with van der Waals surface area (Å²) in [6, 6.07) is 26.9. The molecule has 2 nitrogen and oxygen atoms in total. The summed E-state index contributed by atoms with van der Waals surface area (Å²) in [6.07, 6.45) is 0. The SMILES string of the molecule is Brc1ccc(-c2nc(-c3ccccc3)nc3c2sc2ccccc23)cc1. The molecule has 3 aromatic carbocycles. The number of hydrogen-bond donors (Lipinski definition) is 0. The standard InChI is InChI=1S/C22H13BrN2S/c23-16-12-10-14(11-13-16)19-21-20(17-8-4-5-9-18(17)26-21)25-22(24-19)15-6-2-1-3-7-15/h1-13H. The second-order valence-electron chi connectivity index (χ2n) is 6.04. The van der Waals surface area contributed by atoms with Gasteiger partial charge in [-0.2, -0.15) is 0 Å². The predicted molar refractivity (Wildman–Crippen MR) is 113 cm³/mol. The van der Waals surface area contributed by atoms with E-state index in [9.17, 15) is 0 Å². The van der Waals surface area contributed by atoms with Crippen molar-refractivity contribution in [3.05, 3.63) is 83.3 Å². The van der Waals surface area contributed by atoms with Crippen LogP contribution < -0.4 is 0 Å². The second kappa shape index (κ2) is 6.31. The van der Waals surface area contributed by atoms with Crippen LogP contribution in [-0.4, -0.2) is 9.97 Å². The lowest BCUT2D eigenvalue weighted by Gasteiger charge is -2.07. The Bertz CT molecular complexity index is 1230. The molecule has 0 unspecified atom stereocenters. The van der Waals surface area contributed by atoms with Gasteiger partial charge in [0.15, 0.2) is 5.82 Å². The van der Waals surface area contributed by atoms with Crippen molar-refractivity contribution in [2.24, 2.45) is 0 Å². The lowest BCUT2D eigenvalue weighted by Crippen LogP contribution is -1.93. The molecule has 0 bridgehead atoms. The van der Waals surface area contributed by atoms with Crippen molar-refractivity contribution in [3.8, 4) is 22.6 Å². The third-order valence-corrected chi connectivity index (χ3v) is 6.06. The Kier molecular flexibility index (Phi) is 3.80. The van der Waals surface area contributed by atoms with Crippen LogP contribution in [0.25, 0.3) is 42.9 Å². The Hall–Kier alpha value is -2.56. The summed E-state index contributed by atoms with van der Waals surface area (Å²) in [7, 11) is 0. The van der Waals surface area contributed by atoms with E-state index in [1.165, 1.54) is 10.1 Å².